The average molecular weight is 419 g/mol. The fraction of sp³-hybridized carbons (Fsp3) is 0.381. The van der Waals surface area contributed by atoms with E-state index in [1.165, 1.54) is 4.31 Å². The van der Waals surface area contributed by atoms with Gasteiger partial charge in [0.1, 0.15) is 11.5 Å². The van der Waals surface area contributed by atoms with E-state index in [0.29, 0.717) is 35.7 Å². The van der Waals surface area contributed by atoms with Crippen molar-refractivity contribution in [2.45, 2.75) is 25.8 Å². The SMILES string of the molecule is COc1ccc(OC)c(C(C)NC(=O)c2cccc(N3CCCCS3(=O)=O)c2)c1. The van der Waals surface area contributed by atoms with Crippen LogP contribution >= 0.6 is 0 Å². The van der Waals surface area contributed by atoms with Crippen LogP contribution in [0.25, 0.3) is 0 Å². The van der Waals surface area contributed by atoms with Crippen LogP contribution in [0.15, 0.2) is 42.5 Å². The number of carbonyl (C=O) groups is 1. The van der Waals surface area contributed by atoms with Gasteiger partial charge in [0.15, 0.2) is 0 Å². The molecule has 0 aromatic heterocycles. The topological polar surface area (TPSA) is 84.9 Å². The van der Waals surface area contributed by atoms with Crippen molar-refractivity contribution in [1.29, 1.82) is 0 Å². The highest BCUT2D eigenvalue weighted by molar-refractivity contribution is 7.92. The molecule has 8 heteroatoms. The average Bonchev–Trinajstić information content (AvgIpc) is 2.72. The molecule has 29 heavy (non-hydrogen) atoms. The van der Waals surface area contributed by atoms with Crippen LogP contribution in [0.3, 0.4) is 0 Å². The number of amides is 1. The molecule has 156 valence electrons. The minimum Gasteiger partial charge on any atom is -0.497 e. The number of rotatable bonds is 6. The Morgan fingerprint density at radius 2 is 1.90 bits per heavy atom. The van der Waals surface area contributed by atoms with Gasteiger partial charge in [-0.3, -0.25) is 9.10 Å². The molecule has 2 aromatic rings. The summed E-state index contributed by atoms with van der Waals surface area (Å²) in [6.07, 6.45) is 1.47. The van der Waals surface area contributed by atoms with Gasteiger partial charge in [0.2, 0.25) is 10.0 Å². The first-order valence-corrected chi connectivity index (χ1v) is 11.1. The number of nitrogens with zero attached hydrogens (tertiary/aromatic N) is 1. The molecule has 1 aliphatic heterocycles. The highest BCUT2D eigenvalue weighted by Crippen LogP contribution is 2.30. The number of benzene rings is 2. The Bertz CT molecular complexity index is 990. The fourth-order valence-electron chi connectivity index (χ4n) is 3.42. The Labute approximate surface area is 171 Å². The molecular weight excluding hydrogens is 392 g/mol. The van der Waals surface area contributed by atoms with E-state index in [9.17, 15) is 13.2 Å². The molecule has 1 saturated heterocycles. The van der Waals surface area contributed by atoms with Crippen LogP contribution in [0.5, 0.6) is 11.5 Å². The van der Waals surface area contributed by atoms with E-state index in [0.717, 1.165) is 12.0 Å². The van der Waals surface area contributed by atoms with Gasteiger partial charge in [-0.15, -0.1) is 0 Å². The highest BCUT2D eigenvalue weighted by atomic mass is 32.2. The normalized spacial score (nSPS) is 16.7. The smallest absolute Gasteiger partial charge is 0.251 e. The molecule has 1 N–H and O–H groups in total. The third kappa shape index (κ3) is 4.64. The molecule has 3 rings (SSSR count). The van der Waals surface area contributed by atoms with Crippen molar-refractivity contribution < 1.29 is 22.7 Å². The summed E-state index contributed by atoms with van der Waals surface area (Å²) >= 11 is 0. The Kier molecular flexibility index (Phi) is 6.32. The summed E-state index contributed by atoms with van der Waals surface area (Å²) in [5, 5.41) is 2.95. The van der Waals surface area contributed by atoms with Crippen LogP contribution < -0.4 is 19.1 Å². The summed E-state index contributed by atoms with van der Waals surface area (Å²) in [6, 6.07) is 11.8. The van der Waals surface area contributed by atoms with Gasteiger partial charge >= 0.3 is 0 Å². The van der Waals surface area contributed by atoms with Crippen LogP contribution in [0.1, 0.15) is 41.7 Å². The Morgan fingerprint density at radius 3 is 2.59 bits per heavy atom. The maximum absolute atomic E-state index is 12.8. The van der Waals surface area contributed by atoms with Gasteiger partial charge in [-0.1, -0.05) is 6.07 Å². The monoisotopic (exact) mass is 418 g/mol. The summed E-state index contributed by atoms with van der Waals surface area (Å²) < 4.78 is 36.8. The van der Waals surface area contributed by atoms with Gasteiger partial charge in [0, 0.05) is 17.7 Å². The Balaban J connectivity index is 1.81. The largest absolute Gasteiger partial charge is 0.497 e. The van der Waals surface area contributed by atoms with Crippen LogP contribution in [0, 0.1) is 0 Å². The second-order valence-electron chi connectivity index (χ2n) is 6.95. The predicted octanol–water partition coefficient (Wildman–Crippen LogP) is 3.12. The summed E-state index contributed by atoms with van der Waals surface area (Å²) in [5.74, 6) is 1.15. The first kappa shape index (κ1) is 21.0. The lowest BCUT2D eigenvalue weighted by molar-refractivity contribution is 0.0939. The van der Waals surface area contributed by atoms with Gasteiger partial charge < -0.3 is 14.8 Å². The van der Waals surface area contributed by atoms with Crippen LogP contribution in [0.4, 0.5) is 5.69 Å². The quantitative estimate of drug-likeness (QED) is 0.779. The summed E-state index contributed by atoms with van der Waals surface area (Å²) in [4.78, 5) is 12.8. The van der Waals surface area contributed by atoms with Crippen molar-refractivity contribution in [3.05, 3.63) is 53.6 Å². The summed E-state index contributed by atoms with van der Waals surface area (Å²) in [5.41, 5.74) is 1.70. The molecule has 1 heterocycles. The van der Waals surface area contributed by atoms with E-state index in [1.807, 2.05) is 13.0 Å². The lowest BCUT2D eigenvalue weighted by atomic mass is 10.1. The number of hydrogen-bond donors (Lipinski definition) is 1. The zero-order chi connectivity index (χ0) is 21.0. The zero-order valence-electron chi connectivity index (χ0n) is 16.8. The van der Waals surface area contributed by atoms with Crippen molar-refractivity contribution in [2.75, 3.05) is 30.8 Å². The lowest BCUT2D eigenvalue weighted by Crippen LogP contribution is -2.38. The van der Waals surface area contributed by atoms with E-state index in [2.05, 4.69) is 5.32 Å². The minimum atomic E-state index is -3.33. The molecule has 0 aliphatic carbocycles. The first-order chi connectivity index (χ1) is 13.9. The van der Waals surface area contributed by atoms with E-state index in [4.69, 9.17) is 9.47 Å². The van der Waals surface area contributed by atoms with E-state index in [-0.39, 0.29) is 17.7 Å². The molecule has 0 bridgehead atoms. The van der Waals surface area contributed by atoms with Crippen molar-refractivity contribution in [2.24, 2.45) is 0 Å². The lowest BCUT2D eigenvalue weighted by Gasteiger charge is -2.28. The number of anilines is 1. The molecule has 7 nitrogen and oxygen atoms in total. The zero-order valence-corrected chi connectivity index (χ0v) is 17.7. The molecule has 0 saturated carbocycles. The Hall–Kier alpha value is -2.74. The van der Waals surface area contributed by atoms with Crippen LogP contribution in [0.2, 0.25) is 0 Å². The second-order valence-corrected chi connectivity index (χ2v) is 8.96. The van der Waals surface area contributed by atoms with Gasteiger partial charge in [0.25, 0.3) is 5.91 Å². The van der Waals surface area contributed by atoms with Crippen molar-refractivity contribution in [1.82, 2.24) is 5.32 Å². The molecule has 1 aliphatic rings. The molecular formula is C21H26N2O5S. The first-order valence-electron chi connectivity index (χ1n) is 9.49. The number of nitrogens with one attached hydrogen (secondary N) is 1. The van der Waals surface area contributed by atoms with Crippen molar-refractivity contribution in [3.8, 4) is 11.5 Å². The summed E-state index contributed by atoms with van der Waals surface area (Å²) in [7, 11) is -0.180. The van der Waals surface area contributed by atoms with Gasteiger partial charge in [-0.2, -0.15) is 0 Å². The molecule has 1 amide bonds. The predicted molar refractivity (Wildman–Crippen MR) is 112 cm³/mol. The minimum absolute atomic E-state index is 0.135. The molecule has 1 fully saturated rings. The fourth-order valence-corrected chi connectivity index (χ4v) is 5.05. The number of sulfonamides is 1. The molecule has 0 radical (unpaired) electrons. The molecule has 2 aromatic carbocycles. The number of ether oxygens (including phenoxy) is 2. The molecule has 0 spiro atoms. The maximum Gasteiger partial charge on any atom is 0.251 e. The van der Waals surface area contributed by atoms with Crippen LogP contribution in [-0.4, -0.2) is 40.8 Å². The molecule has 1 atom stereocenters. The Morgan fingerprint density at radius 1 is 1.10 bits per heavy atom. The van der Waals surface area contributed by atoms with Gasteiger partial charge in [-0.05, 0) is 56.2 Å². The van der Waals surface area contributed by atoms with Crippen LogP contribution in [-0.2, 0) is 10.0 Å². The third-order valence-corrected chi connectivity index (χ3v) is 6.87. The highest BCUT2D eigenvalue weighted by Gasteiger charge is 2.26. The number of methoxy groups -OCH3 is 2. The van der Waals surface area contributed by atoms with E-state index in [1.54, 1.807) is 50.6 Å². The van der Waals surface area contributed by atoms with Crippen molar-refractivity contribution in [3.63, 3.8) is 0 Å². The standard InChI is InChI=1S/C21H26N2O5S/c1-15(19-14-18(27-2)9-10-20(19)28-3)22-21(24)16-7-6-8-17(13-16)23-11-4-5-12-29(23,25)26/h6-10,13-15H,4-5,11-12H2,1-3H3,(H,22,24). The van der Waals surface area contributed by atoms with Gasteiger partial charge in [-0.25, -0.2) is 8.42 Å². The summed E-state index contributed by atoms with van der Waals surface area (Å²) in [6.45, 7) is 2.29. The second kappa shape index (κ2) is 8.73. The van der Waals surface area contributed by atoms with E-state index < -0.39 is 10.0 Å². The van der Waals surface area contributed by atoms with E-state index >= 15 is 0 Å². The van der Waals surface area contributed by atoms with Gasteiger partial charge in [0.05, 0.1) is 31.7 Å². The van der Waals surface area contributed by atoms with Crippen molar-refractivity contribution >= 4 is 21.6 Å². The molecule has 1 unspecified atom stereocenters. The third-order valence-electron chi connectivity index (χ3n) is 5.00. The maximum atomic E-state index is 12.8. The number of hydrogen-bond acceptors (Lipinski definition) is 5. The number of carbonyl (C=O) groups excluding carboxylic acids is 1.